The van der Waals surface area contributed by atoms with Gasteiger partial charge in [-0.25, -0.2) is 32.4 Å². The first-order valence-electron chi connectivity index (χ1n) is 12.3. The van der Waals surface area contributed by atoms with E-state index in [1.54, 1.807) is 27.7 Å². The molecule has 4 rings (SSSR count). The molecule has 230 valence electrons. The van der Waals surface area contributed by atoms with E-state index in [1.165, 1.54) is 19.4 Å². The van der Waals surface area contributed by atoms with Crippen LogP contribution in [0.2, 0.25) is 0 Å². The van der Waals surface area contributed by atoms with E-state index < -0.39 is 93.3 Å². The Labute approximate surface area is 232 Å². The maximum Gasteiger partial charge on any atom is 0.510 e. The lowest BCUT2D eigenvalue weighted by molar-refractivity contribution is -0.0708. The molecule has 1 aromatic heterocycles. The second-order valence-electron chi connectivity index (χ2n) is 9.93. The number of fused-ring (bicyclic) bond motifs is 3. The summed E-state index contributed by atoms with van der Waals surface area (Å²) < 4.78 is 76.0. The molecule has 2 heterocycles. The zero-order valence-corrected chi connectivity index (χ0v) is 23.6. The standard InChI is InChI=1S/C22H31FN3O14P/c1-11(2)37-18(28)33-9-35-41(31,36-10-34-19(29)38-12(3)4)40-16-20(8-32-5)22(16,30)21(23)14(15(21)39-20)26-7-6-13(24)25-17(26)27/h6-7,11-12,14-16,30H,8-10H2,1-5H3,(H2,24,25,27)/t14?,15-,16?,20+,21+,22+/m0/s1. The molecule has 3 fully saturated rings. The highest BCUT2D eigenvalue weighted by atomic mass is 31.2. The maximum atomic E-state index is 16.4. The third kappa shape index (κ3) is 5.40. The van der Waals surface area contributed by atoms with Crippen molar-refractivity contribution < 1.29 is 65.6 Å². The van der Waals surface area contributed by atoms with E-state index in [1.807, 2.05) is 0 Å². The number of halogens is 1. The number of methoxy groups -OCH3 is 1. The predicted octanol–water partition coefficient (Wildman–Crippen LogP) is 1.18. The van der Waals surface area contributed by atoms with Crippen molar-refractivity contribution >= 4 is 26.0 Å². The third-order valence-electron chi connectivity index (χ3n) is 6.49. The maximum absolute atomic E-state index is 16.4. The number of aliphatic hydroxyl groups is 1. The minimum atomic E-state index is -4.93. The molecule has 0 bridgehead atoms. The van der Waals surface area contributed by atoms with Crippen LogP contribution < -0.4 is 11.4 Å². The Balaban J connectivity index is 1.53. The lowest BCUT2D eigenvalue weighted by Crippen LogP contribution is -2.40. The predicted molar refractivity (Wildman–Crippen MR) is 130 cm³/mol. The molecule has 1 aromatic rings. The number of nitrogens with zero attached hydrogens (tertiary/aromatic N) is 2. The number of hydrogen-bond donors (Lipinski definition) is 2. The molecule has 0 aromatic carbocycles. The Kier molecular flexibility index (Phi) is 8.41. The molecule has 2 saturated carbocycles. The molecule has 6 atom stereocenters. The molecule has 19 heteroatoms. The summed E-state index contributed by atoms with van der Waals surface area (Å²) in [6.45, 7) is 3.68. The first-order valence-corrected chi connectivity index (χ1v) is 13.8. The smallest absolute Gasteiger partial charge is 0.432 e. The molecular formula is C22H31FN3O14P. The van der Waals surface area contributed by atoms with Crippen LogP contribution in [-0.4, -0.2) is 95.6 Å². The second-order valence-corrected chi connectivity index (χ2v) is 11.6. The number of anilines is 1. The number of phosphoric acid groups is 1. The van der Waals surface area contributed by atoms with Gasteiger partial charge < -0.3 is 39.3 Å². The quantitative estimate of drug-likeness (QED) is 0.182. The summed E-state index contributed by atoms with van der Waals surface area (Å²) in [7, 11) is -3.69. The molecule has 0 spiro atoms. The van der Waals surface area contributed by atoms with Gasteiger partial charge in [-0.3, -0.25) is 9.09 Å². The van der Waals surface area contributed by atoms with Crippen LogP contribution in [-0.2, 0) is 46.6 Å². The Bertz CT molecular complexity index is 1250. The molecule has 2 unspecified atom stereocenters. The van der Waals surface area contributed by atoms with Gasteiger partial charge in [0.2, 0.25) is 13.6 Å². The topological polar surface area (TPSA) is 215 Å². The van der Waals surface area contributed by atoms with E-state index >= 15 is 4.39 Å². The molecule has 0 amide bonds. The molecule has 41 heavy (non-hydrogen) atoms. The summed E-state index contributed by atoms with van der Waals surface area (Å²) in [4.78, 5) is 39.3. The monoisotopic (exact) mass is 611 g/mol. The van der Waals surface area contributed by atoms with Crippen LogP contribution in [0.4, 0.5) is 19.8 Å². The lowest BCUT2D eigenvalue weighted by Gasteiger charge is -2.20. The lowest BCUT2D eigenvalue weighted by atomic mass is 10.1. The van der Waals surface area contributed by atoms with Gasteiger partial charge in [-0.15, -0.1) is 0 Å². The number of rotatable bonds is 13. The van der Waals surface area contributed by atoms with Gasteiger partial charge in [0.15, 0.2) is 16.9 Å². The minimum absolute atomic E-state index is 0.0971. The highest BCUT2D eigenvalue weighted by molar-refractivity contribution is 7.48. The summed E-state index contributed by atoms with van der Waals surface area (Å²) in [5, 5.41) is 11.5. The van der Waals surface area contributed by atoms with E-state index in [-0.39, 0.29) is 5.82 Å². The Morgan fingerprint density at radius 1 is 1.17 bits per heavy atom. The summed E-state index contributed by atoms with van der Waals surface area (Å²) >= 11 is 0. The van der Waals surface area contributed by atoms with Crippen LogP contribution in [0, 0.1) is 0 Å². The molecule has 1 saturated heterocycles. The van der Waals surface area contributed by atoms with Crippen molar-refractivity contribution in [3.05, 3.63) is 22.7 Å². The van der Waals surface area contributed by atoms with Crippen molar-refractivity contribution in [3.8, 4) is 0 Å². The number of carbonyl (C=O) groups is 2. The van der Waals surface area contributed by atoms with Gasteiger partial charge in [0.1, 0.15) is 24.1 Å². The molecule has 3 aliphatic rings. The molecule has 1 aliphatic heterocycles. The van der Waals surface area contributed by atoms with Gasteiger partial charge in [-0.1, -0.05) is 0 Å². The number of ether oxygens (including phenoxy) is 6. The first-order chi connectivity index (χ1) is 19.1. The van der Waals surface area contributed by atoms with Crippen molar-refractivity contribution in [2.75, 3.05) is 33.0 Å². The first kappa shape index (κ1) is 31.1. The van der Waals surface area contributed by atoms with Crippen molar-refractivity contribution in [2.24, 2.45) is 0 Å². The fourth-order valence-corrected chi connectivity index (χ4v) is 5.94. The number of nitrogen functional groups attached to an aromatic ring is 1. The minimum Gasteiger partial charge on any atom is -0.432 e. The number of aromatic nitrogens is 2. The zero-order chi connectivity index (χ0) is 30.4. The van der Waals surface area contributed by atoms with Crippen LogP contribution in [0.3, 0.4) is 0 Å². The van der Waals surface area contributed by atoms with Gasteiger partial charge in [0, 0.05) is 13.3 Å². The number of hydrogen-bond acceptors (Lipinski definition) is 16. The molecule has 17 nitrogen and oxygen atoms in total. The third-order valence-corrected chi connectivity index (χ3v) is 7.80. The van der Waals surface area contributed by atoms with Crippen LogP contribution in [0.15, 0.2) is 17.1 Å². The van der Waals surface area contributed by atoms with Crippen molar-refractivity contribution in [1.82, 2.24) is 9.55 Å². The van der Waals surface area contributed by atoms with Crippen LogP contribution in [0.5, 0.6) is 0 Å². The fourth-order valence-electron chi connectivity index (χ4n) is 4.80. The average molecular weight is 611 g/mol. The Morgan fingerprint density at radius 2 is 1.73 bits per heavy atom. The Morgan fingerprint density at radius 3 is 2.22 bits per heavy atom. The van der Waals surface area contributed by atoms with Crippen LogP contribution in [0.25, 0.3) is 0 Å². The summed E-state index contributed by atoms with van der Waals surface area (Å²) in [6.07, 6.45) is -5.34. The summed E-state index contributed by atoms with van der Waals surface area (Å²) in [5.41, 5.74) is -2.44. The number of alkyl halides is 1. The van der Waals surface area contributed by atoms with Gasteiger partial charge in [-0.05, 0) is 33.8 Å². The van der Waals surface area contributed by atoms with E-state index in [0.717, 1.165) is 4.57 Å². The van der Waals surface area contributed by atoms with E-state index in [0.29, 0.717) is 0 Å². The van der Waals surface area contributed by atoms with E-state index in [4.69, 9.17) is 38.3 Å². The average Bonchev–Trinajstić information content (AvgIpc) is 3.58. The van der Waals surface area contributed by atoms with Crippen LogP contribution >= 0.6 is 7.82 Å². The zero-order valence-electron chi connectivity index (χ0n) is 22.7. The van der Waals surface area contributed by atoms with Crippen molar-refractivity contribution in [2.45, 2.75) is 75.0 Å². The largest absolute Gasteiger partial charge is 0.510 e. The highest BCUT2D eigenvalue weighted by Gasteiger charge is 3.04. The van der Waals surface area contributed by atoms with Gasteiger partial charge in [0.25, 0.3) is 0 Å². The normalized spacial score (nSPS) is 31.4. The van der Waals surface area contributed by atoms with Crippen molar-refractivity contribution in [1.29, 1.82) is 0 Å². The number of nitrogens with two attached hydrogens (primary N) is 1. The van der Waals surface area contributed by atoms with E-state index in [2.05, 4.69) is 14.5 Å². The second kappa shape index (κ2) is 11.1. The summed E-state index contributed by atoms with van der Waals surface area (Å²) in [6, 6.07) is -0.0763. The fraction of sp³-hybridized carbons (Fsp3) is 0.727. The molecular weight excluding hydrogens is 580 g/mol. The number of phosphoric ester groups is 1. The Hall–Kier alpha value is -2.86. The van der Waals surface area contributed by atoms with Gasteiger partial charge >= 0.3 is 25.8 Å². The molecule has 3 N–H and O–H groups in total. The van der Waals surface area contributed by atoms with Crippen molar-refractivity contribution in [3.63, 3.8) is 0 Å². The van der Waals surface area contributed by atoms with Crippen LogP contribution in [0.1, 0.15) is 33.7 Å². The number of carbonyl (C=O) groups excluding carboxylic acids is 2. The highest BCUT2D eigenvalue weighted by Crippen LogP contribution is 2.81. The molecule has 2 aliphatic carbocycles. The molecule has 0 radical (unpaired) electrons. The van der Waals surface area contributed by atoms with E-state index in [9.17, 15) is 24.1 Å². The van der Waals surface area contributed by atoms with Gasteiger partial charge in [-0.2, -0.15) is 4.98 Å². The summed E-state index contributed by atoms with van der Waals surface area (Å²) in [5.74, 6) is -0.0971. The SMILES string of the molecule is COC[C@]12O[C@H]3C(n4ccc(N)nc4=O)[C@]3(F)[C@@]1(O)C2OP(=O)(OCOC(=O)OC(C)C)OCOC(=O)OC(C)C. The van der Waals surface area contributed by atoms with Gasteiger partial charge in [0.05, 0.1) is 18.8 Å².